The number of hydrogen-bond donors (Lipinski definition) is 1. The lowest BCUT2D eigenvalue weighted by Crippen LogP contribution is -1.83. The third-order valence-electron chi connectivity index (χ3n) is 2.04. The summed E-state index contributed by atoms with van der Waals surface area (Å²) >= 11 is 7.27. The van der Waals surface area contributed by atoms with Crippen molar-refractivity contribution in [3.8, 4) is 21.9 Å². The first kappa shape index (κ1) is 10.3. The number of phenols is 1. The van der Waals surface area contributed by atoms with E-state index < -0.39 is 0 Å². The van der Waals surface area contributed by atoms with Gasteiger partial charge in [0.25, 0.3) is 0 Å². The number of ether oxygens (including phenoxy) is 1. The van der Waals surface area contributed by atoms with E-state index in [1.54, 1.807) is 31.4 Å². The molecular weight excluding hydrogens is 232 g/mol. The van der Waals surface area contributed by atoms with Crippen molar-refractivity contribution in [2.75, 3.05) is 7.11 Å². The summed E-state index contributed by atoms with van der Waals surface area (Å²) in [4.78, 5) is 0.927. The summed E-state index contributed by atoms with van der Waals surface area (Å²) in [7, 11) is 1.59. The molecule has 15 heavy (non-hydrogen) atoms. The Bertz CT molecular complexity index is 479. The summed E-state index contributed by atoms with van der Waals surface area (Å²) in [6.07, 6.45) is 0. The number of phenolic OH excluding ortho intramolecular Hbond substituents is 1. The standard InChI is InChI=1S/C11H9ClO2S/c1-14-7-2-3-9(13)8(6-7)10-4-5-11(12)15-10/h2-6,13H,1H3. The van der Waals surface area contributed by atoms with Gasteiger partial charge in [-0.1, -0.05) is 11.6 Å². The van der Waals surface area contributed by atoms with E-state index in [4.69, 9.17) is 16.3 Å². The molecule has 1 N–H and O–H groups in total. The Balaban J connectivity index is 2.51. The average Bonchev–Trinajstić information content (AvgIpc) is 2.65. The molecule has 0 aliphatic carbocycles. The molecule has 0 aliphatic rings. The molecule has 1 aromatic carbocycles. The van der Waals surface area contributed by atoms with Crippen LogP contribution in [0.15, 0.2) is 30.3 Å². The topological polar surface area (TPSA) is 29.5 Å². The van der Waals surface area contributed by atoms with E-state index in [-0.39, 0.29) is 5.75 Å². The maximum Gasteiger partial charge on any atom is 0.124 e. The molecule has 2 aromatic rings. The second-order valence-electron chi connectivity index (χ2n) is 2.99. The van der Waals surface area contributed by atoms with Gasteiger partial charge in [-0.05, 0) is 30.3 Å². The molecule has 2 rings (SSSR count). The van der Waals surface area contributed by atoms with Crippen LogP contribution >= 0.6 is 22.9 Å². The minimum atomic E-state index is 0.231. The van der Waals surface area contributed by atoms with E-state index >= 15 is 0 Å². The summed E-state index contributed by atoms with van der Waals surface area (Å²) in [5.74, 6) is 0.946. The van der Waals surface area contributed by atoms with Crippen molar-refractivity contribution in [1.29, 1.82) is 0 Å². The molecular formula is C11H9ClO2S. The van der Waals surface area contributed by atoms with Crippen LogP contribution in [-0.2, 0) is 0 Å². The van der Waals surface area contributed by atoms with Gasteiger partial charge in [-0.25, -0.2) is 0 Å². The molecule has 1 heterocycles. The van der Waals surface area contributed by atoms with Gasteiger partial charge in [0.05, 0.1) is 11.4 Å². The van der Waals surface area contributed by atoms with Crippen LogP contribution in [0.4, 0.5) is 0 Å². The molecule has 0 atom stereocenters. The molecule has 2 nitrogen and oxygen atoms in total. The minimum Gasteiger partial charge on any atom is -0.507 e. The highest BCUT2D eigenvalue weighted by Gasteiger charge is 2.08. The summed E-state index contributed by atoms with van der Waals surface area (Å²) in [6, 6.07) is 8.80. The number of halogens is 1. The van der Waals surface area contributed by atoms with Crippen molar-refractivity contribution in [3.63, 3.8) is 0 Å². The van der Waals surface area contributed by atoms with Crippen LogP contribution < -0.4 is 4.74 Å². The highest BCUT2D eigenvalue weighted by atomic mass is 35.5. The lowest BCUT2D eigenvalue weighted by Gasteiger charge is -2.04. The lowest BCUT2D eigenvalue weighted by atomic mass is 10.1. The predicted octanol–water partition coefficient (Wildman–Crippen LogP) is 3.78. The zero-order valence-corrected chi connectivity index (χ0v) is 9.60. The van der Waals surface area contributed by atoms with Gasteiger partial charge in [-0.3, -0.25) is 0 Å². The fraction of sp³-hybridized carbons (Fsp3) is 0.0909. The largest absolute Gasteiger partial charge is 0.507 e. The third kappa shape index (κ3) is 2.08. The Hall–Kier alpha value is -1.19. The quantitative estimate of drug-likeness (QED) is 0.866. The van der Waals surface area contributed by atoms with Crippen LogP contribution in [0.3, 0.4) is 0 Å². The molecule has 78 valence electrons. The molecule has 0 bridgehead atoms. The number of rotatable bonds is 2. The van der Waals surface area contributed by atoms with Crippen LogP contribution in [-0.4, -0.2) is 12.2 Å². The summed E-state index contributed by atoms with van der Waals surface area (Å²) in [5.41, 5.74) is 0.742. The predicted molar refractivity (Wildman–Crippen MR) is 63.0 cm³/mol. The van der Waals surface area contributed by atoms with Crippen LogP contribution in [0.25, 0.3) is 10.4 Å². The first-order valence-electron chi connectivity index (χ1n) is 4.33. The second-order valence-corrected chi connectivity index (χ2v) is 4.70. The number of thiophene rings is 1. The van der Waals surface area contributed by atoms with Crippen LogP contribution in [0.1, 0.15) is 0 Å². The second kappa shape index (κ2) is 4.13. The van der Waals surface area contributed by atoms with E-state index in [9.17, 15) is 5.11 Å². The van der Waals surface area contributed by atoms with Crippen LogP contribution in [0.5, 0.6) is 11.5 Å². The van der Waals surface area contributed by atoms with Gasteiger partial charge in [-0.2, -0.15) is 0 Å². The Labute approximate surface area is 96.7 Å². The van der Waals surface area contributed by atoms with Crippen LogP contribution in [0.2, 0.25) is 4.34 Å². The molecule has 4 heteroatoms. The monoisotopic (exact) mass is 240 g/mol. The molecule has 0 fully saturated rings. The maximum absolute atomic E-state index is 9.70. The molecule has 0 amide bonds. The lowest BCUT2D eigenvalue weighted by molar-refractivity contribution is 0.412. The van der Waals surface area contributed by atoms with E-state index in [2.05, 4.69) is 0 Å². The summed E-state index contributed by atoms with van der Waals surface area (Å²) in [6.45, 7) is 0. The normalized spacial score (nSPS) is 10.3. The number of benzene rings is 1. The van der Waals surface area contributed by atoms with Crippen molar-refractivity contribution in [3.05, 3.63) is 34.7 Å². The van der Waals surface area contributed by atoms with Gasteiger partial charge in [0, 0.05) is 10.4 Å². The highest BCUT2D eigenvalue weighted by molar-refractivity contribution is 7.19. The van der Waals surface area contributed by atoms with E-state index in [1.165, 1.54) is 11.3 Å². The van der Waals surface area contributed by atoms with E-state index in [1.807, 2.05) is 6.07 Å². The Morgan fingerprint density at radius 3 is 2.67 bits per heavy atom. The molecule has 0 saturated carbocycles. The van der Waals surface area contributed by atoms with Crippen molar-refractivity contribution < 1.29 is 9.84 Å². The third-order valence-corrected chi connectivity index (χ3v) is 3.31. The number of aromatic hydroxyl groups is 1. The zero-order valence-electron chi connectivity index (χ0n) is 8.03. The Kier molecular flexibility index (Phi) is 2.84. The first-order valence-corrected chi connectivity index (χ1v) is 5.53. The van der Waals surface area contributed by atoms with Crippen molar-refractivity contribution in [2.45, 2.75) is 0 Å². The zero-order chi connectivity index (χ0) is 10.8. The average molecular weight is 241 g/mol. The number of hydrogen-bond acceptors (Lipinski definition) is 3. The van der Waals surface area contributed by atoms with Gasteiger partial charge >= 0.3 is 0 Å². The minimum absolute atomic E-state index is 0.231. The number of methoxy groups -OCH3 is 1. The molecule has 0 saturated heterocycles. The van der Waals surface area contributed by atoms with E-state index in [0.717, 1.165) is 10.4 Å². The molecule has 1 aromatic heterocycles. The maximum atomic E-state index is 9.70. The molecule has 0 radical (unpaired) electrons. The SMILES string of the molecule is COc1ccc(O)c(-c2ccc(Cl)s2)c1. The van der Waals surface area contributed by atoms with E-state index in [0.29, 0.717) is 10.1 Å². The van der Waals surface area contributed by atoms with Crippen molar-refractivity contribution in [2.24, 2.45) is 0 Å². The fourth-order valence-electron chi connectivity index (χ4n) is 1.30. The van der Waals surface area contributed by atoms with Gasteiger partial charge in [0.2, 0.25) is 0 Å². The Morgan fingerprint density at radius 2 is 2.07 bits per heavy atom. The van der Waals surface area contributed by atoms with Gasteiger partial charge in [0.1, 0.15) is 11.5 Å². The fourth-order valence-corrected chi connectivity index (χ4v) is 2.37. The van der Waals surface area contributed by atoms with Crippen molar-refractivity contribution >= 4 is 22.9 Å². The summed E-state index contributed by atoms with van der Waals surface area (Å²) in [5, 5.41) is 9.70. The molecule has 0 unspecified atom stereocenters. The van der Waals surface area contributed by atoms with Crippen LogP contribution in [0, 0.1) is 0 Å². The first-order chi connectivity index (χ1) is 7.20. The van der Waals surface area contributed by atoms with Gasteiger partial charge in [-0.15, -0.1) is 11.3 Å². The molecule has 0 aliphatic heterocycles. The van der Waals surface area contributed by atoms with Gasteiger partial charge in [0.15, 0.2) is 0 Å². The smallest absolute Gasteiger partial charge is 0.124 e. The Morgan fingerprint density at radius 1 is 1.27 bits per heavy atom. The van der Waals surface area contributed by atoms with Crippen molar-refractivity contribution in [1.82, 2.24) is 0 Å². The van der Waals surface area contributed by atoms with Gasteiger partial charge < -0.3 is 9.84 Å². The highest BCUT2D eigenvalue weighted by Crippen LogP contribution is 2.37. The summed E-state index contributed by atoms with van der Waals surface area (Å²) < 4.78 is 5.80. The molecule has 0 spiro atoms.